The van der Waals surface area contributed by atoms with Crippen LogP contribution in [0.1, 0.15) is 32.4 Å². The van der Waals surface area contributed by atoms with Gasteiger partial charge in [-0.15, -0.1) is 11.8 Å². The first-order valence-electron chi connectivity index (χ1n) is 10.00. The van der Waals surface area contributed by atoms with E-state index in [4.69, 9.17) is 0 Å². The van der Waals surface area contributed by atoms with E-state index in [0.717, 1.165) is 22.4 Å². The Hall–Kier alpha value is -3.65. The van der Waals surface area contributed by atoms with Crippen molar-refractivity contribution in [1.82, 2.24) is 0 Å². The predicted octanol–water partition coefficient (Wildman–Crippen LogP) is 5.24. The third kappa shape index (κ3) is 4.36. The molecule has 32 heavy (non-hydrogen) atoms. The van der Waals surface area contributed by atoms with Gasteiger partial charge in [0.05, 0.1) is 10.7 Å². The molecule has 4 rings (SSSR count). The van der Waals surface area contributed by atoms with Gasteiger partial charge in [0, 0.05) is 29.1 Å². The number of hydrogen-bond acceptors (Lipinski definition) is 5. The number of carbonyl (C=O) groups is 2. The number of thioether (sulfide) groups is 1. The van der Waals surface area contributed by atoms with Gasteiger partial charge in [0.1, 0.15) is 5.37 Å². The SMILES string of the molecule is Cc1ccc(N2C(=O)CSC2c2cccc(NC(=O)c3cccc([N+](=O)[O-])c3)c2)cc1C. The van der Waals surface area contributed by atoms with Crippen molar-refractivity contribution in [2.24, 2.45) is 0 Å². The van der Waals surface area contributed by atoms with Crippen LogP contribution in [0.3, 0.4) is 0 Å². The molecule has 1 unspecified atom stereocenters. The van der Waals surface area contributed by atoms with Gasteiger partial charge in [0.25, 0.3) is 11.6 Å². The number of benzene rings is 3. The van der Waals surface area contributed by atoms with E-state index in [1.165, 1.54) is 36.0 Å². The van der Waals surface area contributed by atoms with E-state index in [9.17, 15) is 19.7 Å². The molecule has 0 aliphatic carbocycles. The van der Waals surface area contributed by atoms with Crippen molar-refractivity contribution in [3.63, 3.8) is 0 Å². The minimum atomic E-state index is -0.535. The largest absolute Gasteiger partial charge is 0.322 e. The number of nitrogens with one attached hydrogen (secondary N) is 1. The maximum Gasteiger partial charge on any atom is 0.270 e. The summed E-state index contributed by atoms with van der Waals surface area (Å²) < 4.78 is 0. The zero-order valence-electron chi connectivity index (χ0n) is 17.6. The van der Waals surface area contributed by atoms with Gasteiger partial charge >= 0.3 is 0 Å². The Kier molecular flexibility index (Phi) is 5.96. The highest BCUT2D eigenvalue weighted by Crippen LogP contribution is 2.42. The Morgan fingerprint density at radius 1 is 1.06 bits per heavy atom. The van der Waals surface area contributed by atoms with E-state index in [1.807, 2.05) is 50.2 Å². The zero-order valence-corrected chi connectivity index (χ0v) is 18.4. The van der Waals surface area contributed by atoms with Crippen molar-refractivity contribution in [1.29, 1.82) is 0 Å². The molecule has 1 N–H and O–H groups in total. The van der Waals surface area contributed by atoms with Crippen LogP contribution < -0.4 is 10.2 Å². The topological polar surface area (TPSA) is 92.6 Å². The lowest BCUT2D eigenvalue weighted by atomic mass is 10.1. The summed E-state index contributed by atoms with van der Waals surface area (Å²) in [5.41, 5.74) is 4.62. The van der Waals surface area contributed by atoms with Crippen molar-refractivity contribution in [2.45, 2.75) is 19.2 Å². The lowest BCUT2D eigenvalue weighted by molar-refractivity contribution is -0.384. The average Bonchev–Trinajstić information content (AvgIpc) is 3.17. The van der Waals surface area contributed by atoms with E-state index in [2.05, 4.69) is 5.32 Å². The fraction of sp³-hybridized carbons (Fsp3) is 0.167. The van der Waals surface area contributed by atoms with E-state index in [0.29, 0.717) is 11.4 Å². The third-order valence-electron chi connectivity index (χ3n) is 5.39. The van der Waals surface area contributed by atoms with Crippen molar-refractivity contribution in [2.75, 3.05) is 16.0 Å². The molecule has 1 fully saturated rings. The lowest BCUT2D eigenvalue weighted by Gasteiger charge is -2.25. The molecule has 0 bridgehead atoms. The van der Waals surface area contributed by atoms with Gasteiger partial charge in [-0.1, -0.05) is 24.3 Å². The Bertz CT molecular complexity index is 1230. The van der Waals surface area contributed by atoms with Gasteiger partial charge < -0.3 is 5.32 Å². The first-order valence-corrected chi connectivity index (χ1v) is 11.0. The highest BCUT2D eigenvalue weighted by molar-refractivity contribution is 8.00. The average molecular weight is 448 g/mol. The minimum absolute atomic E-state index is 0.0364. The van der Waals surface area contributed by atoms with E-state index >= 15 is 0 Å². The van der Waals surface area contributed by atoms with Crippen LogP contribution in [0.4, 0.5) is 17.1 Å². The molecule has 0 radical (unpaired) electrons. The summed E-state index contributed by atoms with van der Waals surface area (Å²) in [6.07, 6.45) is 0. The van der Waals surface area contributed by atoms with Gasteiger partial charge in [0.15, 0.2) is 0 Å². The van der Waals surface area contributed by atoms with Gasteiger partial charge in [-0.05, 0) is 60.9 Å². The summed E-state index contributed by atoms with van der Waals surface area (Å²) in [5.74, 6) is -0.0247. The molecule has 0 saturated carbocycles. The highest BCUT2D eigenvalue weighted by Gasteiger charge is 2.34. The normalized spacial score (nSPS) is 15.6. The fourth-order valence-electron chi connectivity index (χ4n) is 3.56. The molecule has 0 spiro atoms. The molecular weight excluding hydrogens is 426 g/mol. The molecule has 162 valence electrons. The Labute approximate surface area is 189 Å². The summed E-state index contributed by atoms with van der Waals surface area (Å²) >= 11 is 1.53. The second-order valence-electron chi connectivity index (χ2n) is 7.58. The second kappa shape index (κ2) is 8.84. The molecule has 0 aromatic heterocycles. The monoisotopic (exact) mass is 447 g/mol. The molecule has 1 heterocycles. The first-order chi connectivity index (χ1) is 15.3. The minimum Gasteiger partial charge on any atom is -0.322 e. The number of carbonyl (C=O) groups excluding carboxylic acids is 2. The van der Waals surface area contributed by atoms with Crippen LogP contribution in [0, 0.1) is 24.0 Å². The molecule has 1 aliphatic rings. The molecule has 1 saturated heterocycles. The number of nitrogens with zero attached hydrogens (tertiary/aromatic N) is 2. The molecule has 1 aliphatic heterocycles. The van der Waals surface area contributed by atoms with E-state index in [1.54, 1.807) is 11.0 Å². The maximum absolute atomic E-state index is 12.7. The van der Waals surface area contributed by atoms with Crippen LogP contribution in [0.5, 0.6) is 0 Å². The molecule has 8 heteroatoms. The number of nitro benzene ring substituents is 1. The van der Waals surface area contributed by atoms with Crippen LogP contribution in [0.2, 0.25) is 0 Å². The second-order valence-corrected chi connectivity index (χ2v) is 8.65. The van der Waals surface area contributed by atoms with E-state index < -0.39 is 10.8 Å². The van der Waals surface area contributed by atoms with Crippen molar-refractivity contribution >= 4 is 40.6 Å². The van der Waals surface area contributed by atoms with Crippen molar-refractivity contribution in [3.8, 4) is 0 Å². The Morgan fingerprint density at radius 3 is 2.59 bits per heavy atom. The molecule has 3 aromatic carbocycles. The fourth-order valence-corrected chi connectivity index (χ4v) is 4.73. The standard InChI is InChI=1S/C24H21N3O4S/c1-15-9-10-20(11-16(15)2)26-22(28)14-32-24(26)18-6-3-7-19(12-18)25-23(29)17-5-4-8-21(13-17)27(30)31/h3-13,24H,14H2,1-2H3,(H,25,29). The number of rotatable bonds is 5. The number of anilines is 2. The number of amides is 2. The number of nitro groups is 1. The van der Waals surface area contributed by atoms with Gasteiger partial charge in [-0.2, -0.15) is 0 Å². The van der Waals surface area contributed by atoms with Crippen LogP contribution in [-0.2, 0) is 4.79 Å². The van der Waals surface area contributed by atoms with Crippen LogP contribution >= 0.6 is 11.8 Å². The summed E-state index contributed by atoms with van der Waals surface area (Å²) in [5, 5.41) is 13.6. The molecule has 7 nitrogen and oxygen atoms in total. The van der Waals surface area contributed by atoms with Crippen molar-refractivity contribution < 1.29 is 14.5 Å². The Balaban J connectivity index is 1.58. The maximum atomic E-state index is 12.7. The van der Waals surface area contributed by atoms with Gasteiger partial charge in [-0.25, -0.2) is 0 Å². The molecule has 1 atom stereocenters. The van der Waals surface area contributed by atoms with E-state index in [-0.39, 0.29) is 22.5 Å². The predicted molar refractivity (Wildman–Crippen MR) is 126 cm³/mol. The van der Waals surface area contributed by atoms with Crippen molar-refractivity contribution in [3.05, 3.63) is 99.1 Å². The van der Waals surface area contributed by atoms with Crippen LogP contribution in [0.15, 0.2) is 66.7 Å². The van der Waals surface area contributed by atoms with Gasteiger partial charge in [-0.3, -0.25) is 24.6 Å². The third-order valence-corrected chi connectivity index (χ3v) is 6.60. The zero-order chi connectivity index (χ0) is 22.8. The highest BCUT2D eigenvalue weighted by atomic mass is 32.2. The number of hydrogen-bond donors (Lipinski definition) is 1. The summed E-state index contributed by atoms with van der Waals surface area (Å²) in [6, 6.07) is 18.9. The molecule has 2 amide bonds. The van der Waals surface area contributed by atoms with Crippen LogP contribution in [-0.4, -0.2) is 22.5 Å². The molecule has 3 aromatic rings. The summed E-state index contributed by atoms with van der Waals surface area (Å²) in [4.78, 5) is 37.5. The number of aryl methyl sites for hydroxylation is 2. The Morgan fingerprint density at radius 2 is 1.84 bits per heavy atom. The first kappa shape index (κ1) is 21.6. The summed E-state index contributed by atoms with van der Waals surface area (Å²) in [7, 11) is 0. The smallest absolute Gasteiger partial charge is 0.270 e. The quantitative estimate of drug-likeness (QED) is 0.426. The number of non-ortho nitro benzene ring substituents is 1. The molecular formula is C24H21N3O4S. The summed E-state index contributed by atoms with van der Waals surface area (Å²) in [6.45, 7) is 4.05. The van der Waals surface area contributed by atoms with Gasteiger partial charge in [0.2, 0.25) is 5.91 Å². The van der Waals surface area contributed by atoms with Crippen LogP contribution in [0.25, 0.3) is 0 Å². The lowest BCUT2D eigenvalue weighted by Crippen LogP contribution is -2.28.